The van der Waals surface area contributed by atoms with E-state index in [9.17, 15) is 9.59 Å². The van der Waals surface area contributed by atoms with Crippen LogP contribution in [0.25, 0.3) is 0 Å². The van der Waals surface area contributed by atoms with Gasteiger partial charge in [0.2, 0.25) is 5.91 Å². The fourth-order valence-electron chi connectivity index (χ4n) is 1.52. The molecule has 0 saturated carbocycles. The second kappa shape index (κ2) is 6.61. The van der Waals surface area contributed by atoms with Gasteiger partial charge in [0, 0.05) is 11.3 Å². The highest BCUT2D eigenvalue weighted by Gasteiger charge is 2.30. The van der Waals surface area contributed by atoms with Gasteiger partial charge in [-0.2, -0.15) is 0 Å². The van der Waals surface area contributed by atoms with Crippen molar-refractivity contribution in [3.63, 3.8) is 0 Å². The molecule has 0 aliphatic rings. The Labute approximate surface area is 117 Å². The molecule has 4 nitrogen and oxygen atoms in total. The summed E-state index contributed by atoms with van der Waals surface area (Å²) in [6.45, 7) is 5.13. The van der Waals surface area contributed by atoms with Crippen LogP contribution in [0.5, 0.6) is 0 Å². The summed E-state index contributed by atoms with van der Waals surface area (Å²) in [4.78, 5) is 23.9. The summed E-state index contributed by atoms with van der Waals surface area (Å²) in [7, 11) is 0. The standard InChI is InChI=1S/C14H19NO3S/c1-4-19-11-8-6-5-7-10(11)15-12(16)9-14(2,3)13(17)18/h5-8H,4,9H2,1-3H3,(H,15,16)(H,17,18). The molecule has 0 spiro atoms. The molecule has 1 amide bonds. The van der Waals surface area contributed by atoms with Gasteiger partial charge < -0.3 is 10.4 Å². The van der Waals surface area contributed by atoms with Crippen LogP contribution in [0.2, 0.25) is 0 Å². The largest absolute Gasteiger partial charge is 0.481 e. The van der Waals surface area contributed by atoms with Crippen LogP contribution in [-0.4, -0.2) is 22.7 Å². The van der Waals surface area contributed by atoms with Crippen LogP contribution in [0.4, 0.5) is 5.69 Å². The average molecular weight is 281 g/mol. The Morgan fingerprint density at radius 3 is 2.53 bits per heavy atom. The van der Waals surface area contributed by atoms with E-state index in [1.54, 1.807) is 25.6 Å². The Morgan fingerprint density at radius 1 is 1.32 bits per heavy atom. The van der Waals surface area contributed by atoms with E-state index < -0.39 is 11.4 Å². The molecule has 2 N–H and O–H groups in total. The number of benzene rings is 1. The molecule has 0 aromatic heterocycles. The maximum Gasteiger partial charge on any atom is 0.309 e. The van der Waals surface area contributed by atoms with Crippen molar-refractivity contribution in [3.05, 3.63) is 24.3 Å². The average Bonchev–Trinajstić information content (AvgIpc) is 2.31. The second-order valence-electron chi connectivity index (χ2n) is 4.84. The van der Waals surface area contributed by atoms with Gasteiger partial charge in [0.15, 0.2) is 0 Å². The first-order chi connectivity index (χ1) is 8.86. The summed E-state index contributed by atoms with van der Waals surface area (Å²) in [5.74, 6) is -0.344. The molecule has 104 valence electrons. The number of carbonyl (C=O) groups excluding carboxylic acids is 1. The van der Waals surface area contributed by atoms with Gasteiger partial charge in [-0.1, -0.05) is 19.1 Å². The molecule has 19 heavy (non-hydrogen) atoms. The van der Waals surface area contributed by atoms with Crippen LogP contribution < -0.4 is 5.32 Å². The first-order valence-electron chi connectivity index (χ1n) is 6.12. The molecular weight excluding hydrogens is 262 g/mol. The zero-order valence-corrected chi connectivity index (χ0v) is 12.2. The minimum absolute atomic E-state index is 0.0482. The van der Waals surface area contributed by atoms with Crippen LogP contribution in [0.1, 0.15) is 27.2 Å². The fraction of sp³-hybridized carbons (Fsp3) is 0.429. The molecule has 0 aliphatic carbocycles. The van der Waals surface area contributed by atoms with E-state index in [-0.39, 0.29) is 12.3 Å². The van der Waals surface area contributed by atoms with Gasteiger partial charge in [-0.25, -0.2) is 0 Å². The summed E-state index contributed by atoms with van der Waals surface area (Å²) in [5, 5.41) is 11.8. The third kappa shape index (κ3) is 4.59. The van der Waals surface area contributed by atoms with Gasteiger partial charge in [-0.3, -0.25) is 9.59 Å². The Bertz CT molecular complexity index is 472. The fourth-order valence-corrected chi connectivity index (χ4v) is 2.28. The third-order valence-corrected chi connectivity index (χ3v) is 3.60. The van der Waals surface area contributed by atoms with E-state index >= 15 is 0 Å². The van der Waals surface area contributed by atoms with Crippen molar-refractivity contribution in [1.29, 1.82) is 0 Å². The molecule has 1 aromatic carbocycles. The molecule has 0 aliphatic heterocycles. The number of para-hydroxylation sites is 1. The molecule has 0 radical (unpaired) electrons. The number of rotatable bonds is 6. The van der Waals surface area contributed by atoms with Gasteiger partial charge in [0.1, 0.15) is 0 Å². The summed E-state index contributed by atoms with van der Waals surface area (Å²) in [6.07, 6.45) is -0.0482. The summed E-state index contributed by atoms with van der Waals surface area (Å²) in [6, 6.07) is 7.52. The van der Waals surface area contributed by atoms with Crippen LogP contribution in [0.3, 0.4) is 0 Å². The van der Waals surface area contributed by atoms with Gasteiger partial charge in [0.25, 0.3) is 0 Å². The third-order valence-electron chi connectivity index (χ3n) is 2.64. The van der Waals surface area contributed by atoms with Crippen molar-refractivity contribution in [3.8, 4) is 0 Å². The molecular formula is C14H19NO3S. The topological polar surface area (TPSA) is 66.4 Å². The second-order valence-corrected chi connectivity index (χ2v) is 6.15. The van der Waals surface area contributed by atoms with Crippen molar-refractivity contribution >= 4 is 29.3 Å². The lowest BCUT2D eigenvalue weighted by molar-refractivity contribution is -0.148. The van der Waals surface area contributed by atoms with E-state index in [0.29, 0.717) is 0 Å². The van der Waals surface area contributed by atoms with Crippen LogP contribution in [0.15, 0.2) is 29.2 Å². The number of carboxylic acid groups (broad SMARTS) is 1. The van der Waals surface area contributed by atoms with Crippen molar-refractivity contribution in [1.82, 2.24) is 0 Å². The Hall–Kier alpha value is -1.49. The number of thioether (sulfide) groups is 1. The molecule has 1 rings (SSSR count). The maximum atomic E-state index is 11.9. The van der Waals surface area contributed by atoms with Crippen molar-refractivity contribution < 1.29 is 14.7 Å². The lowest BCUT2D eigenvalue weighted by Crippen LogP contribution is -2.29. The first kappa shape index (κ1) is 15.6. The number of hydrogen-bond acceptors (Lipinski definition) is 3. The first-order valence-corrected chi connectivity index (χ1v) is 7.10. The number of amides is 1. The monoisotopic (exact) mass is 281 g/mol. The number of nitrogens with one attached hydrogen (secondary N) is 1. The lowest BCUT2D eigenvalue weighted by atomic mass is 9.89. The molecule has 5 heteroatoms. The number of hydrogen-bond donors (Lipinski definition) is 2. The highest BCUT2D eigenvalue weighted by molar-refractivity contribution is 7.99. The normalized spacial score (nSPS) is 11.1. The maximum absolute atomic E-state index is 11.9. The number of anilines is 1. The highest BCUT2D eigenvalue weighted by Crippen LogP contribution is 2.28. The minimum atomic E-state index is -1.06. The van der Waals surface area contributed by atoms with Crippen LogP contribution in [0, 0.1) is 5.41 Å². The molecule has 0 atom stereocenters. The van der Waals surface area contributed by atoms with Gasteiger partial charge in [-0.15, -0.1) is 11.8 Å². The quantitative estimate of drug-likeness (QED) is 0.786. The zero-order valence-electron chi connectivity index (χ0n) is 11.4. The van der Waals surface area contributed by atoms with Crippen molar-refractivity contribution in [2.45, 2.75) is 32.1 Å². The summed E-state index contributed by atoms with van der Waals surface area (Å²) in [5.41, 5.74) is -0.322. The van der Waals surface area contributed by atoms with Gasteiger partial charge >= 0.3 is 5.97 Å². The molecule has 1 aromatic rings. The number of carboxylic acids is 1. The molecule has 0 fully saturated rings. The van der Waals surface area contributed by atoms with E-state index in [1.807, 2.05) is 31.2 Å². The van der Waals surface area contributed by atoms with E-state index in [4.69, 9.17) is 5.11 Å². The zero-order chi connectivity index (χ0) is 14.5. The highest BCUT2D eigenvalue weighted by atomic mass is 32.2. The molecule has 0 saturated heterocycles. The molecule has 0 unspecified atom stereocenters. The van der Waals surface area contributed by atoms with E-state index in [0.717, 1.165) is 16.3 Å². The smallest absolute Gasteiger partial charge is 0.309 e. The molecule has 0 bridgehead atoms. The lowest BCUT2D eigenvalue weighted by Gasteiger charge is -2.18. The van der Waals surface area contributed by atoms with Crippen LogP contribution >= 0.6 is 11.8 Å². The minimum Gasteiger partial charge on any atom is -0.481 e. The van der Waals surface area contributed by atoms with Crippen molar-refractivity contribution in [2.75, 3.05) is 11.1 Å². The van der Waals surface area contributed by atoms with Crippen molar-refractivity contribution in [2.24, 2.45) is 5.41 Å². The van der Waals surface area contributed by atoms with Gasteiger partial charge in [-0.05, 0) is 31.7 Å². The summed E-state index contributed by atoms with van der Waals surface area (Å²) < 4.78 is 0. The predicted molar refractivity (Wildman–Crippen MR) is 77.5 cm³/mol. The molecule has 0 heterocycles. The van der Waals surface area contributed by atoms with E-state index in [2.05, 4.69) is 5.32 Å². The number of carbonyl (C=O) groups is 2. The predicted octanol–water partition coefficient (Wildman–Crippen LogP) is 3.24. The Balaban J connectivity index is 2.75. The summed E-state index contributed by atoms with van der Waals surface area (Å²) >= 11 is 1.64. The van der Waals surface area contributed by atoms with Gasteiger partial charge in [0.05, 0.1) is 11.1 Å². The number of aliphatic carboxylic acids is 1. The Kier molecular flexibility index (Phi) is 5.42. The van der Waals surface area contributed by atoms with Crippen LogP contribution in [-0.2, 0) is 9.59 Å². The SMILES string of the molecule is CCSc1ccccc1NC(=O)CC(C)(C)C(=O)O. The Morgan fingerprint density at radius 2 is 1.95 bits per heavy atom. The van der Waals surface area contributed by atoms with E-state index in [1.165, 1.54) is 0 Å².